The molecule has 2 nitrogen and oxygen atoms in total. The predicted octanol–water partition coefficient (Wildman–Crippen LogP) is 16.0. The molecule has 11 rings (SSSR count). The monoisotopic (exact) mass is 743 g/mol. The summed E-state index contributed by atoms with van der Waals surface area (Å²) in [6.07, 6.45) is 0. The number of rotatable bonds is 7. The van der Waals surface area contributed by atoms with Gasteiger partial charge in [-0.1, -0.05) is 176 Å². The highest BCUT2D eigenvalue weighted by Gasteiger charge is 2.19. The Labute approximate surface area is 343 Å². The largest absolute Gasteiger partial charge is 0.455 e. The van der Waals surface area contributed by atoms with Gasteiger partial charge >= 0.3 is 0 Å². The zero-order valence-corrected chi connectivity index (χ0v) is 31.4. The highest BCUT2D eigenvalue weighted by molar-refractivity contribution is 6.15. The molecule has 0 radical (unpaired) electrons. The molecule has 0 fully saturated rings. The summed E-state index contributed by atoms with van der Waals surface area (Å²) < 4.78 is 44.8. The van der Waals surface area contributed by atoms with Crippen molar-refractivity contribution >= 4 is 60.5 Å². The molecule has 0 atom stereocenters. The first kappa shape index (κ1) is 29.6. The van der Waals surface area contributed by atoms with Crippen molar-refractivity contribution in [3.63, 3.8) is 0 Å². The summed E-state index contributed by atoms with van der Waals surface area (Å²) in [6, 6.07) is 66.7. The van der Waals surface area contributed by atoms with E-state index in [0.29, 0.717) is 16.9 Å². The van der Waals surface area contributed by atoms with Crippen LogP contribution in [0.15, 0.2) is 229 Å². The lowest BCUT2D eigenvalue weighted by Gasteiger charge is -2.28. The van der Waals surface area contributed by atoms with Crippen LogP contribution in [0.2, 0.25) is 0 Å². The molecule has 1 heterocycles. The van der Waals surface area contributed by atoms with Crippen molar-refractivity contribution in [3.05, 3.63) is 224 Å². The summed E-state index contributed by atoms with van der Waals surface area (Å²) in [4.78, 5) is 1.89. The van der Waals surface area contributed by atoms with Gasteiger partial charge in [0.1, 0.15) is 11.2 Å². The lowest BCUT2D eigenvalue weighted by Crippen LogP contribution is -2.11. The molecule has 1 aromatic heterocycles. The summed E-state index contributed by atoms with van der Waals surface area (Å²) in [5.41, 5.74) is 10.1. The first-order valence-corrected chi connectivity index (χ1v) is 19.5. The van der Waals surface area contributed by atoms with E-state index >= 15 is 0 Å². The van der Waals surface area contributed by atoms with Gasteiger partial charge in [0.05, 0.1) is 11.2 Å². The molecule has 0 saturated carbocycles. The number of hydrogen-bond donors (Lipinski definition) is 0. The van der Waals surface area contributed by atoms with E-state index in [-0.39, 0.29) is 35.4 Å². The van der Waals surface area contributed by atoms with Crippen LogP contribution in [0.3, 0.4) is 0 Å². The SMILES string of the molecule is [2H]c1c([2H])c(N(c2ccc(-c3cccc4ccccc34)cc2)c2ccccc2-c2ccc3ccc4c5ccccc5oc4c3c2)c([2H])c([2H])c1-c1ccc(-c2ccccc2)cc1. The molecule has 0 spiro atoms. The molecule has 0 unspecified atom stereocenters. The Morgan fingerprint density at radius 2 is 0.931 bits per heavy atom. The maximum absolute atomic E-state index is 9.68. The van der Waals surface area contributed by atoms with Gasteiger partial charge in [0.2, 0.25) is 0 Å². The van der Waals surface area contributed by atoms with E-state index in [1.165, 1.54) is 0 Å². The average molecular weight is 744 g/mol. The summed E-state index contributed by atoms with van der Waals surface area (Å²) in [5.74, 6) is 0. The van der Waals surface area contributed by atoms with Gasteiger partial charge in [0.25, 0.3) is 0 Å². The Morgan fingerprint density at radius 3 is 1.76 bits per heavy atom. The van der Waals surface area contributed by atoms with E-state index < -0.39 is 0 Å². The lowest BCUT2D eigenvalue weighted by molar-refractivity contribution is 0.672. The van der Waals surface area contributed by atoms with E-state index in [1.54, 1.807) is 0 Å². The van der Waals surface area contributed by atoms with Gasteiger partial charge < -0.3 is 9.32 Å². The molecule has 11 aromatic rings. The summed E-state index contributed by atoms with van der Waals surface area (Å²) in [6.45, 7) is 0. The highest BCUT2D eigenvalue weighted by atomic mass is 16.3. The third-order valence-electron chi connectivity index (χ3n) is 11.2. The molecule has 10 aromatic carbocycles. The minimum absolute atomic E-state index is 0.110. The predicted molar refractivity (Wildman–Crippen MR) is 245 cm³/mol. The summed E-state index contributed by atoms with van der Waals surface area (Å²) in [7, 11) is 0. The van der Waals surface area contributed by atoms with Crippen molar-refractivity contribution < 1.29 is 9.90 Å². The number of fused-ring (bicyclic) bond motifs is 6. The first-order valence-electron chi connectivity index (χ1n) is 21.5. The van der Waals surface area contributed by atoms with Crippen LogP contribution in [0.5, 0.6) is 0 Å². The van der Waals surface area contributed by atoms with Crippen LogP contribution in [-0.4, -0.2) is 0 Å². The molecule has 0 aliphatic heterocycles. The second-order valence-electron chi connectivity index (χ2n) is 14.6. The quantitative estimate of drug-likeness (QED) is 0.162. The molecule has 0 bridgehead atoms. The van der Waals surface area contributed by atoms with Crippen LogP contribution < -0.4 is 4.90 Å². The standard InChI is InChI=1S/C56H37NO/c1-2-11-38(12-3-1)39-21-23-40(24-22-39)41-27-32-46(33-28-41)57(47-34-29-43(30-35-47)49-18-10-14-42-13-4-5-15-48(42)49)54-19-8-6-16-50(54)45-26-25-44-31-36-52-51-17-7-9-20-55(51)58-56(52)53(44)37-45/h1-37H/i27D,28D,32D,33D. The number of para-hydroxylation sites is 2. The number of anilines is 3. The topological polar surface area (TPSA) is 16.4 Å². The molecule has 2 heteroatoms. The molecule has 0 amide bonds. The van der Waals surface area contributed by atoms with E-state index in [1.807, 2.05) is 120 Å². The van der Waals surface area contributed by atoms with Crippen LogP contribution >= 0.6 is 0 Å². The van der Waals surface area contributed by atoms with E-state index in [4.69, 9.17) is 4.42 Å². The Bertz CT molecular complexity index is 3470. The van der Waals surface area contributed by atoms with Crippen molar-refractivity contribution in [2.24, 2.45) is 0 Å². The smallest absolute Gasteiger partial charge is 0.143 e. The van der Waals surface area contributed by atoms with Crippen LogP contribution in [0, 0.1) is 0 Å². The maximum Gasteiger partial charge on any atom is 0.143 e. The Morgan fingerprint density at radius 1 is 0.345 bits per heavy atom. The molecule has 0 N–H and O–H groups in total. The molecule has 58 heavy (non-hydrogen) atoms. The molecular formula is C56H37NO. The Balaban J connectivity index is 1.10. The van der Waals surface area contributed by atoms with Crippen LogP contribution in [0.25, 0.3) is 88.0 Å². The fourth-order valence-electron chi connectivity index (χ4n) is 8.26. The normalized spacial score (nSPS) is 12.4. The van der Waals surface area contributed by atoms with Crippen molar-refractivity contribution in [2.45, 2.75) is 0 Å². The fraction of sp³-hybridized carbons (Fsp3) is 0. The zero-order valence-electron chi connectivity index (χ0n) is 35.4. The second kappa shape index (κ2) is 14.1. The first-order chi connectivity index (χ1) is 30.4. The number of furan rings is 1. The fourth-order valence-corrected chi connectivity index (χ4v) is 8.26. The third-order valence-corrected chi connectivity index (χ3v) is 11.2. The average Bonchev–Trinajstić information content (AvgIpc) is 3.72. The third kappa shape index (κ3) is 5.91. The second-order valence-corrected chi connectivity index (χ2v) is 14.6. The molecule has 0 saturated heterocycles. The van der Waals surface area contributed by atoms with Gasteiger partial charge in [0, 0.05) is 33.1 Å². The van der Waals surface area contributed by atoms with Gasteiger partial charge in [-0.3, -0.25) is 0 Å². The van der Waals surface area contributed by atoms with E-state index in [2.05, 4.69) is 84.9 Å². The van der Waals surface area contributed by atoms with E-state index in [0.717, 1.165) is 76.9 Å². The Kier molecular flexibility index (Phi) is 7.20. The summed E-state index contributed by atoms with van der Waals surface area (Å²) in [5, 5.41) is 6.43. The lowest BCUT2D eigenvalue weighted by atomic mass is 9.96. The minimum Gasteiger partial charge on any atom is -0.455 e. The van der Waals surface area contributed by atoms with Gasteiger partial charge in [-0.15, -0.1) is 0 Å². The van der Waals surface area contributed by atoms with Crippen molar-refractivity contribution in [3.8, 4) is 44.5 Å². The van der Waals surface area contributed by atoms with Crippen LogP contribution in [-0.2, 0) is 0 Å². The number of nitrogens with zero attached hydrogens (tertiary/aromatic N) is 1. The number of benzene rings is 10. The highest BCUT2D eigenvalue weighted by Crippen LogP contribution is 2.44. The van der Waals surface area contributed by atoms with Gasteiger partial charge in [-0.2, -0.15) is 0 Å². The van der Waals surface area contributed by atoms with E-state index in [9.17, 15) is 5.48 Å². The van der Waals surface area contributed by atoms with Crippen molar-refractivity contribution in [2.75, 3.05) is 4.90 Å². The zero-order chi connectivity index (χ0) is 41.9. The number of hydrogen-bond acceptors (Lipinski definition) is 2. The minimum atomic E-state index is -0.136. The molecule has 0 aliphatic rings. The Hall–Kier alpha value is -7.68. The molecule has 0 aliphatic carbocycles. The molecule has 272 valence electrons. The van der Waals surface area contributed by atoms with Gasteiger partial charge in [-0.25, -0.2) is 0 Å². The van der Waals surface area contributed by atoms with Crippen molar-refractivity contribution in [1.82, 2.24) is 0 Å². The van der Waals surface area contributed by atoms with Crippen LogP contribution in [0.4, 0.5) is 17.1 Å². The van der Waals surface area contributed by atoms with Crippen LogP contribution in [0.1, 0.15) is 5.48 Å². The van der Waals surface area contributed by atoms with Crippen molar-refractivity contribution in [1.29, 1.82) is 0 Å². The van der Waals surface area contributed by atoms with Gasteiger partial charge in [-0.05, 0) is 104 Å². The molecular weight excluding hydrogens is 703 g/mol. The maximum atomic E-state index is 9.68. The summed E-state index contributed by atoms with van der Waals surface area (Å²) >= 11 is 0. The van der Waals surface area contributed by atoms with Gasteiger partial charge in [0.15, 0.2) is 0 Å².